The second kappa shape index (κ2) is 7.50. The fourth-order valence-electron chi connectivity index (χ4n) is 2.29. The molecule has 1 saturated heterocycles. The lowest BCUT2D eigenvalue weighted by molar-refractivity contribution is -0.133. The molecule has 1 rings (SSSR count). The monoisotopic (exact) mass is 284 g/mol. The van der Waals surface area contributed by atoms with Crippen LogP contribution in [0.5, 0.6) is 0 Å². The van der Waals surface area contributed by atoms with E-state index in [1.165, 1.54) is 19.3 Å². The molecule has 0 spiro atoms. The molecule has 116 valence electrons. The Balaban J connectivity index is 2.46. The lowest BCUT2D eigenvalue weighted by Crippen LogP contribution is -2.48. The standard InChI is InChI=1S/C15H28N2O3/c1-12(16-14(19)20-15(2,3)4)13(18)17-10-8-6-5-7-9-11-17/h12H,5-11H2,1-4H3,(H,16,19). The van der Waals surface area contributed by atoms with Gasteiger partial charge in [0, 0.05) is 13.1 Å². The first-order valence-electron chi connectivity index (χ1n) is 7.58. The molecule has 20 heavy (non-hydrogen) atoms. The minimum absolute atomic E-state index is 0.0160. The summed E-state index contributed by atoms with van der Waals surface area (Å²) in [6.45, 7) is 8.70. The van der Waals surface area contributed by atoms with E-state index >= 15 is 0 Å². The quantitative estimate of drug-likeness (QED) is 0.848. The number of nitrogens with zero attached hydrogens (tertiary/aromatic N) is 1. The van der Waals surface area contributed by atoms with E-state index in [4.69, 9.17) is 4.74 Å². The Labute approximate surface area is 122 Å². The summed E-state index contributed by atoms with van der Waals surface area (Å²) in [4.78, 5) is 25.9. The van der Waals surface area contributed by atoms with Crippen molar-refractivity contribution >= 4 is 12.0 Å². The van der Waals surface area contributed by atoms with Crippen LogP contribution in [0.15, 0.2) is 0 Å². The molecule has 5 heteroatoms. The second-order valence-electron chi connectivity index (χ2n) is 6.46. The lowest BCUT2D eigenvalue weighted by atomic mass is 10.1. The Hall–Kier alpha value is -1.26. The molecule has 1 N–H and O–H groups in total. The van der Waals surface area contributed by atoms with Crippen molar-refractivity contribution in [2.45, 2.75) is 71.4 Å². The third-order valence-electron chi connectivity index (χ3n) is 3.27. The van der Waals surface area contributed by atoms with Crippen LogP contribution in [0, 0.1) is 0 Å². The molecule has 1 fully saturated rings. The Morgan fingerprint density at radius 2 is 1.55 bits per heavy atom. The molecule has 1 aliphatic heterocycles. The Bertz CT molecular complexity index is 329. The molecule has 1 unspecified atom stereocenters. The fraction of sp³-hybridized carbons (Fsp3) is 0.867. The predicted octanol–water partition coefficient (Wildman–Crippen LogP) is 2.69. The molecule has 2 amide bonds. The number of rotatable bonds is 2. The number of likely N-dealkylation sites (tertiary alicyclic amines) is 1. The van der Waals surface area contributed by atoms with Gasteiger partial charge in [0.2, 0.25) is 5.91 Å². The number of ether oxygens (including phenoxy) is 1. The topological polar surface area (TPSA) is 58.6 Å². The largest absolute Gasteiger partial charge is 0.444 e. The summed E-state index contributed by atoms with van der Waals surface area (Å²) < 4.78 is 5.17. The van der Waals surface area contributed by atoms with Crippen molar-refractivity contribution in [3.63, 3.8) is 0 Å². The Kier molecular flexibility index (Phi) is 6.30. The zero-order valence-corrected chi connectivity index (χ0v) is 13.2. The minimum atomic E-state index is -0.548. The van der Waals surface area contributed by atoms with Crippen LogP contribution in [0.1, 0.15) is 59.8 Å². The van der Waals surface area contributed by atoms with Gasteiger partial charge in [-0.1, -0.05) is 19.3 Å². The molecule has 0 aromatic rings. The van der Waals surface area contributed by atoms with Gasteiger partial charge in [0.25, 0.3) is 0 Å². The minimum Gasteiger partial charge on any atom is -0.444 e. The molecule has 0 bridgehead atoms. The van der Waals surface area contributed by atoms with E-state index in [9.17, 15) is 9.59 Å². The van der Waals surface area contributed by atoms with E-state index in [2.05, 4.69) is 5.32 Å². The average molecular weight is 284 g/mol. The maximum atomic E-state index is 12.3. The molecule has 1 aliphatic rings. The van der Waals surface area contributed by atoms with Gasteiger partial charge >= 0.3 is 6.09 Å². The number of carbonyl (C=O) groups is 2. The van der Waals surface area contributed by atoms with Gasteiger partial charge < -0.3 is 15.0 Å². The zero-order chi connectivity index (χ0) is 15.2. The number of amides is 2. The summed E-state index contributed by atoms with van der Waals surface area (Å²) in [5.74, 6) is -0.0160. The number of alkyl carbamates (subject to hydrolysis) is 1. The Morgan fingerprint density at radius 3 is 2.05 bits per heavy atom. The average Bonchev–Trinajstić information content (AvgIpc) is 2.24. The van der Waals surface area contributed by atoms with E-state index in [0.717, 1.165) is 25.9 Å². The number of hydrogen-bond donors (Lipinski definition) is 1. The van der Waals surface area contributed by atoms with Gasteiger partial charge in [-0.05, 0) is 40.5 Å². The molecule has 0 aromatic heterocycles. The molecule has 5 nitrogen and oxygen atoms in total. The molecule has 0 saturated carbocycles. The Morgan fingerprint density at radius 1 is 1.05 bits per heavy atom. The van der Waals surface area contributed by atoms with Gasteiger partial charge in [-0.15, -0.1) is 0 Å². The van der Waals surface area contributed by atoms with Crippen LogP contribution in [-0.2, 0) is 9.53 Å². The molecule has 1 atom stereocenters. The van der Waals surface area contributed by atoms with E-state index < -0.39 is 17.7 Å². The molecular weight excluding hydrogens is 256 g/mol. The van der Waals surface area contributed by atoms with Crippen LogP contribution in [0.2, 0.25) is 0 Å². The van der Waals surface area contributed by atoms with E-state index in [0.29, 0.717) is 0 Å². The van der Waals surface area contributed by atoms with Crippen molar-refractivity contribution in [3.05, 3.63) is 0 Å². The molecule has 0 aromatic carbocycles. The molecule has 0 radical (unpaired) electrons. The first kappa shape index (κ1) is 16.8. The van der Waals surface area contributed by atoms with Gasteiger partial charge in [-0.2, -0.15) is 0 Å². The van der Waals surface area contributed by atoms with Crippen LogP contribution >= 0.6 is 0 Å². The number of carbonyl (C=O) groups excluding carboxylic acids is 2. The molecular formula is C15H28N2O3. The highest BCUT2D eigenvalue weighted by atomic mass is 16.6. The lowest BCUT2D eigenvalue weighted by Gasteiger charge is -2.28. The fourth-order valence-corrected chi connectivity index (χ4v) is 2.29. The van der Waals surface area contributed by atoms with Crippen molar-refractivity contribution in [1.29, 1.82) is 0 Å². The third-order valence-corrected chi connectivity index (χ3v) is 3.27. The van der Waals surface area contributed by atoms with Crippen LogP contribution < -0.4 is 5.32 Å². The van der Waals surface area contributed by atoms with Gasteiger partial charge in [-0.3, -0.25) is 4.79 Å². The van der Waals surface area contributed by atoms with Gasteiger partial charge in [0.05, 0.1) is 0 Å². The van der Waals surface area contributed by atoms with Gasteiger partial charge in [0.1, 0.15) is 11.6 Å². The second-order valence-corrected chi connectivity index (χ2v) is 6.46. The van der Waals surface area contributed by atoms with Crippen molar-refractivity contribution in [3.8, 4) is 0 Å². The highest BCUT2D eigenvalue weighted by Gasteiger charge is 2.24. The summed E-state index contributed by atoms with van der Waals surface area (Å²) in [7, 11) is 0. The molecule has 1 heterocycles. The summed E-state index contributed by atoms with van der Waals surface area (Å²) in [5, 5.41) is 2.62. The van der Waals surface area contributed by atoms with Gasteiger partial charge in [-0.25, -0.2) is 4.79 Å². The highest BCUT2D eigenvalue weighted by Crippen LogP contribution is 2.12. The highest BCUT2D eigenvalue weighted by molar-refractivity contribution is 5.85. The first-order chi connectivity index (χ1) is 9.29. The van der Waals surface area contributed by atoms with Crippen molar-refractivity contribution < 1.29 is 14.3 Å². The smallest absolute Gasteiger partial charge is 0.408 e. The summed E-state index contributed by atoms with van der Waals surface area (Å²) in [5.41, 5.74) is -0.548. The number of nitrogens with one attached hydrogen (secondary N) is 1. The maximum Gasteiger partial charge on any atom is 0.408 e. The summed E-state index contributed by atoms with van der Waals surface area (Å²) in [6, 6.07) is -0.538. The number of hydrogen-bond acceptors (Lipinski definition) is 3. The predicted molar refractivity (Wildman–Crippen MR) is 78.5 cm³/mol. The van der Waals surface area contributed by atoms with E-state index in [1.807, 2.05) is 4.90 Å². The van der Waals surface area contributed by atoms with Crippen LogP contribution in [0.4, 0.5) is 4.79 Å². The van der Waals surface area contributed by atoms with Crippen LogP contribution in [-0.4, -0.2) is 41.6 Å². The first-order valence-corrected chi connectivity index (χ1v) is 7.58. The zero-order valence-electron chi connectivity index (χ0n) is 13.2. The third kappa shape index (κ3) is 6.26. The molecule has 0 aliphatic carbocycles. The van der Waals surface area contributed by atoms with Crippen molar-refractivity contribution in [1.82, 2.24) is 10.2 Å². The van der Waals surface area contributed by atoms with Crippen molar-refractivity contribution in [2.24, 2.45) is 0 Å². The maximum absolute atomic E-state index is 12.3. The SMILES string of the molecule is CC(NC(=O)OC(C)(C)C)C(=O)N1CCCCCCC1. The van der Waals surface area contributed by atoms with Crippen LogP contribution in [0.25, 0.3) is 0 Å². The van der Waals surface area contributed by atoms with E-state index in [1.54, 1.807) is 27.7 Å². The van der Waals surface area contributed by atoms with Gasteiger partial charge in [0.15, 0.2) is 0 Å². The summed E-state index contributed by atoms with van der Waals surface area (Å²) in [6.07, 6.45) is 5.17. The van der Waals surface area contributed by atoms with Crippen LogP contribution in [0.3, 0.4) is 0 Å². The summed E-state index contributed by atoms with van der Waals surface area (Å²) >= 11 is 0. The van der Waals surface area contributed by atoms with E-state index in [-0.39, 0.29) is 5.91 Å². The van der Waals surface area contributed by atoms with Crippen molar-refractivity contribution in [2.75, 3.05) is 13.1 Å². The normalized spacial score (nSPS) is 18.7.